The van der Waals surface area contributed by atoms with Crippen LogP contribution in [0.25, 0.3) is 6.08 Å². The number of nitrogens with zero attached hydrogens (tertiary/aromatic N) is 2. The second-order valence-electron chi connectivity index (χ2n) is 7.50. The molecular weight excluding hydrogens is 383 g/mol. The van der Waals surface area contributed by atoms with Gasteiger partial charge in [0, 0.05) is 18.7 Å². The number of aryl methyl sites for hydroxylation is 1. The normalized spacial score (nSPS) is 18.9. The number of piperidine rings is 1. The van der Waals surface area contributed by atoms with Crippen molar-refractivity contribution in [3.05, 3.63) is 52.3 Å². The first-order valence-corrected chi connectivity index (χ1v) is 9.47. The minimum atomic E-state index is -4.22. The van der Waals surface area contributed by atoms with Crippen molar-refractivity contribution in [1.82, 2.24) is 10.1 Å². The van der Waals surface area contributed by atoms with Gasteiger partial charge in [0.05, 0.1) is 6.42 Å². The van der Waals surface area contributed by atoms with Crippen molar-refractivity contribution in [3.63, 3.8) is 0 Å². The molecule has 2 heterocycles. The molecule has 1 unspecified atom stereocenters. The van der Waals surface area contributed by atoms with Crippen LogP contribution in [0.4, 0.5) is 23.8 Å². The van der Waals surface area contributed by atoms with E-state index in [4.69, 9.17) is 4.52 Å². The molecule has 0 aliphatic carbocycles. The fraction of sp³-hybridized carbons (Fsp3) is 0.429. The van der Waals surface area contributed by atoms with Crippen molar-refractivity contribution in [1.29, 1.82) is 0 Å². The number of benzene rings is 1. The number of aromatic nitrogens is 1. The maximum absolute atomic E-state index is 12.6. The Kier molecular flexibility index (Phi) is 6.00. The Balaban J connectivity index is 1.64. The maximum Gasteiger partial charge on any atom is 0.393 e. The number of urea groups is 1. The number of hydrogen-bond acceptors (Lipinski definition) is 3. The number of alkyl halides is 3. The molecule has 2 amide bonds. The zero-order valence-electron chi connectivity index (χ0n) is 16.6. The highest BCUT2D eigenvalue weighted by Gasteiger charge is 2.28. The summed E-state index contributed by atoms with van der Waals surface area (Å²) in [5.41, 5.74) is 2.91. The first-order chi connectivity index (χ1) is 13.6. The number of halogens is 3. The van der Waals surface area contributed by atoms with Crippen molar-refractivity contribution >= 4 is 17.9 Å². The summed E-state index contributed by atoms with van der Waals surface area (Å²) in [6.07, 6.45) is -2.56. The average molecular weight is 407 g/mol. The van der Waals surface area contributed by atoms with E-state index in [0.29, 0.717) is 31.1 Å². The van der Waals surface area contributed by atoms with Crippen LogP contribution in [0.1, 0.15) is 35.8 Å². The van der Waals surface area contributed by atoms with Gasteiger partial charge in [0.1, 0.15) is 5.76 Å². The molecule has 0 saturated carbocycles. The van der Waals surface area contributed by atoms with Gasteiger partial charge < -0.3 is 9.42 Å². The SMILES string of the molecule is Cc1onc(NC(=O)N2CCC(=Cc3cccc(CC(F)(F)F)c3)C(C)C2)c1C. The standard InChI is InChI=1S/C21H24F3N3O2/c1-13-12-27(20(28)25-19-14(2)15(3)29-26-19)8-7-18(13)10-16-5-4-6-17(9-16)11-21(22,23)24/h4-6,9-10,13H,7-8,11-12H2,1-3H3,(H,25,26,28). The van der Waals surface area contributed by atoms with E-state index in [0.717, 1.165) is 16.7 Å². The predicted molar refractivity (Wildman–Crippen MR) is 105 cm³/mol. The molecule has 8 heteroatoms. The van der Waals surface area contributed by atoms with Gasteiger partial charge in [-0.3, -0.25) is 5.32 Å². The quantitative estimate of drug-likeness (QED) is 0.746. The second-order valence-corrected chi connectivity index (χ2v) is 7.50. The Bertz CT molecular complexity index is 918. The average Bonchev–Trinajstić information content (AvgIpc) is 2.94. The summed E-state index contributed by atoms with van der Waals surface area (Å²) in [6.45, 7) is 6.67. The molecule has 1 fully saturated rings. The van der Waals surface area contributed by atoms with E-state index >= 15 is 0 Å². The highest BCUT2D eigenvalue weighted by Crippen LogP contribution is 2.27. The molecule has 156 valence electrons. The fourth-order valence-electron chi connectivity index (χ4n) is 3.40. The maximum atomic E-state index is 12.6. The summed E-state index contributed by atoms with van der Waals surface area (Å²) in [5, 5.41) is 6.62. The van der Waals surface area contributed by atoms with Crippen LogP contribution >= 0.6 is 0 Å². The van der Waals surface area contributed by atoms with E-state index in [1.54, 1.807) is 30.0 Å². The van der Waals surface area contributed by atoms with Gasteiger partial charge in [-0.15, -0.1) is 0 Å². The summed E-state index contributed by atoms with van der Waals surface area (Å²) < 4.78 is 42.9. The van der Waals surface area contributed by atoms with Crippen LogP contribution in [0.3, 0.4) is 0 Å². The third-order valence-corrected chi connectivity index (χ3v) is 5.18. The van der Waals surface area contributed by atoms with Crippen LogP contribution in [0.2, 0.25) is 0 Å². The van der Waals surface area contributed by atoms with Gasteiger partial charge >= 0.3 is 12.2 Å². The van der Waals surface area contributed by atoms with Crippen LogP contribution in [0.5, 0.6) is 0 Å². The van der Waals surface area contributed by atoms with Crippen molar-refractivity contribution in [2.75, 3.05) is 18.4 Å². The smallest absolute Gasteiger partial charge is 0.359 e. The molecule has 3 rings (SSSR count). The van der Waals surface area contributed by atoms with E-state index in [-0.39, 0.29) is 17.5 Å². The Hall–Kier alpha value is -2.77. The Morgan fingerprint density at radius 1 is 1.38 bits per heavy atom. The monoisotopic (exact) mass is 407 g/mol. The number of nitrogens with one attached hydrogen (secondary N) is 1. The van der Waals surface area contributed by atoms with Crippen LogP contribution < -0.4 is 5.32 Å². The molecule has 29 heavy (non-hydrogen) atoms. The zero-order chi connectivity index (χ0) is 21.2. The number of amides is 2. The van der Waals surface area contributed by atoms with Gasteiger partial charge in [-0.2, -0.15) is 13.2 Å². The molecule has 1 aromatic carbocycles. The first-order valence-electron chi connectivity index (χ1n) is 9.47. The minimum Gasteiger partial charge on any atom is -0.359 e. The fourth-order valence-corrected chi connectivity index (χ4v) is 3.40. The molecule has 1 aromatic heterocycles. The molecule has 1 saturated heterocycles. The molecule has 0 radical (unpaired) electrons. The molecule has 1 aliphatic rings. The van der Waals surface area contributed by atoms with Crippen LogP contribution in [0.15, 0.2) is 34.4 Å². The van der Waals surface area contributed by atoms with Gasteiger partial charge in [-0.05, 0) is 37.3 Å². The van der Waals surface area contributed by atoms with Crippen LogP contribution in [-0.4, -0.2) is 35.4 Å². The van der Waals surface area contributed by atoms with Gasteiger partial charge in [0.25, 0.3) is 0 Å². The third kappa shape index (κ3) is 5.40. The molecule has 2 aromatic rings. The number of hydrogen-bond donors (Lipinski definition) is 1. The summed E-state index contributed by atoms with van der Waals surface area (Å²) in [6, 6.07) is 6.26. The van der Waals surface area contributed by atoms with Crippen molar-refractivity contribution in [2.24, 2.45) is 5.92 Å². The number of anilines is 1. The number of carbonyl (C=O) groups is 1. The third-order valence-electron chi connectivity index (χ3n) is 5.18. The van der Waals surface area contributed by atoms with E-state index in [1.807, 2.05) is 19.9 Å². The Morgan fingerprint density at radius 3 is 2.76 bits per heavy atom. The van der Waals surface area contributed by atoms with Gasteiger partial charge in [0.2, 0.25) is 0 Å². The summed E-state index contributed by atoms with van der Waals surface area (Å²) in [4.78, 5) is 14.2. The molecule has 0 spiro atoms. The lowest BCUT2D eigenvalue weighted by atomic mass is 9.91. The first kappa shape index (κ1) is 21.0. The minimum absolute atomic E-state index is 0.0981. The lowest BCUT2D eigenvalue weighted by Gasteiger charge is -2.33. The number of likely N-dealkylation sites (tertiary alicyclic amines) is 1. The second kappa shape index (κ2) is 8.31. The van der Waals surface area contributed by atoms with Gasteiger partial charge in [-0.25, -0.2) is 4.79 Å². The Morgan fingerprint density at radius 2 is 2.14 bits per heavy atom. The van der Waals surface area contributed by atoms with Crippen LogP contribution in [-0.2, 0) is 6.42 Å². The highest BCUT2D eigenvalue weighted by atomic mass is 19.4. The van der Waals surface area contributed by atoms with Crippen LogP contribution in [0, 0.1) is 19.8 Å². The number of rotatable bonds is 3. The largest absolute Gasteiger partial charge is 0.393 e. The summed E-state index contributed by atoms with van der Waals surface area (Å²) in [7, 11) is 0. The predicted octanol–water partition coefficient (Wildman–Crippen LogP) is 5.35. The van der Waals surface area contributed by atoms with Crippen molar-refractivity contribution < 1.29 is 22.5 Å². The number of carbonyl (C=O) groups excluding carboxylic acids is 1. The Labute approximate surface area is 167 Å². The summed E-state index contributed by atoms with van der Waals surface area (Å²) >= 11 is 0. The van der Waals surface area contributed by atoms with Crippen molar-refractivity contribution in [3.8, 4) is 0 Å². The van der Waals surface area contributed by atoms with Gasteiger partial charge in [0.15, 0.2) is 5.82 Å². The summed E-state index contributed by atoms with van der Waals surface area (Å²) in [5.74, 6) is 1.18. The highest BCUT2D eigenvalue weighted by molar-refractivity contribution is 5.89. The topological polar surface area (TPSA) is 58.4 Å². The molecule has 0 bridgehead atoms. The zero-order valence-corrected chi connectivity index (χ0v) is 16.6. The van der Waals surface area contributed by atoms with E-state index in [1.165, 1.54) is 6.07 Å². The van der Waals surface area contributed by atoms with Crippen molar-refractivity contribution in [2.45, 2.75) is 39.8 Å². The van der Waals surface area contributed by atoms with E-state index in [9.17, 15) is 18.0 Å². The molecule has 1 aliphatic heterocycles. The van der Waals surface area contributed by atoms with E-state index < -0.39 is 12.6 Å². The van der Waals surface area contributed by atoms with E-state index in [2.05, 4.69) is 10.5 Å². The van der Waals surface area contributed by atoms with Gasteiger partial charge in [-0.1, -0.05) is 48.0 Å². The lowest BCUT2D eigenvalue weighted by Crippen LogP contribution is -2.42. The lowest BCUT2D eigenvalue weighted by molar-refractivity contribution is -0.127. The molecule has 5 nitrogen and oxygen atoms in total. The molecule has 1 atom stereocenters. The molecular formula is C21H24F3N3O2. The molecule has 1 N–H and O–H groups in total.